The smallest absolute Gasteiger partial charge is 0.239 e. The molecule has 0 saturated heterocycles. The average Bonchev–Trinajstić information content (AvgIpc) is 2.94. The summed E-state index contributed by atoms with van der Waals surface area (Å²) < 4.78 is 26.3. The molecule has 3 aromatic rings. The molecule has 21 heavy (non-hydrogen) atoms. The average molecular weight is 301 g/mol. The van der Waals surface area contributed by atoms with Gasteiger partial charge in [0, 0.05) is 7.05 Å². The molecule has 0 aliphatic carbocycles. The number of rotatable bonds is 4. The van der Waals surface area contributed by atoms with E-state index < -0.39 is 10.0 Å². The van der Waals surface area contributed by atoms with Gasteiger partial charge < -0.3 is 4.98 Å². The normalized spacial score (nSPS) is 11.7. The Balaban J connectivity index is 1.90. The summed E-state index contributed by atoms with van der Waals surface area (Å²) in [4.78, 5) is 7.11. The summed E-state index contributed by atoms with van der Waals surface area (Å²) in [5, 5.41) is 0. The Kier molecular flexibility index (Phi) is 3.39. The van der Waals surface area contributed by atoms with Gasteiger partial charge in [-0.2, -0.15) is 0 Å². The highest BCUT2D eigenvalue weighted by Gasteiger charge is 2.19. The molecule has 3 rings (SSSR count). The highest BCUT2D eigenvalue weighted by molar-refractivity contribution is 7.92. The van der Waals surface area contributed by atoms with Gasteiger partial charge in [-0.05, 0) is 23.8 Å². The van der Waals surface area contributed by atoms with E-state index in [1.54, 1.807) is 31.6 Å². The van der Waals surface area contributed by atoms with Crippen LogP contribution in [0.15, 0.2) is 54.9 Å². The van der Waals surface area contributed by atoms with E-state index in [0.29, 0.717) is 5.69 Å². The molecule has 1 aromatic heterocycles. The zero-order valence-electron chi connectivity index (χ0n) is 11.5. The molecule has 2 aromatic carbocycles. The maximum atomic E-state index is 12.5. The van der Waals surface area contributed by atoms with Crippen molar-refractivity contribution in [1.82, 2.24) is 9.97 Å². The third kappa shape index (κ3) is 2.75. The van der Waals surface area contributed by atoms with Crippen molar-refractivity contribution in [3.8, 4) is 0 Å². The van der Waals surface area contributed by atoms with Crippen LogP contribution in [0.4, 0.5) is 5.69 Å². The number of anilines is 1. The predicted molar refractivity (Wildman–Crippen MR) is 83.6 cm³/mol. The minimum Gasteiger partial charge on any atom is -0.345 e. The summed E-state index contributed by atoms with van der Waals surface area (Å²) in [6, 6.07) is 14.5. The fourth-order valence-corrected chi connectivity index (χ4v) is 3.40. The number of aromatic amines is 1. The number of H-pyrrole nitrogens is 1. The van der Waals surface area contributed by atoms with Crippen LogP contribution < -0.4 is 4.31 Å². The molecule has 1 N–H and O–H groups in total. The summed E-state index contributed by atoms with van der Waals surface area (Å²) in [5.74, 6) is -0.0225. The second-order valence-electron chi connectivity index (χ2n) is 4.81. The van der Waals surface area contributed by atoms with E-state index in [9.17, 15) is 8.42 Å². The van der Waals surface area contributed by atoms with Crippen LogP contribution in [0.25, 0.3) is 11.0 Å². The summed E-state index contributed by atoms with van der Waals surface area (Å²) in [6.45, 7) is 0. The Hall–Kier alpha value is -2.34. The number of fused-ring (bicyclic) bond motifs is 1. The molecule has 5 nitrogen and oxygen atoms in total. The Bertz CT molecular complexity index is 857. The van der Waals surface area contributed by atoms with E-state index in [2.05, 4.69) is 9.97 Å². The van der Waals surface area contributed by atoms with Gasteiger partial charge in [0.15, 0.2) is 0 Å². The van der Waals surface area contributed by atoms with E-state index in [4.69, 9.17) is 0 Å². The van der Waals surface area contributed by atoms with Gasteiger partial charge in [-0.1, -0.05) is 30.3 Å². The van der Waals surface area contributed by atoms with Gasteiger partial charge in [-0.3, -0.25) is 4.31 Å². The van der Waals surface area contributed by atoms with Crippen molar-refractivity contribution in [3.05, 3.63) is 60.4 Å². The molecule has 0 amide bonds. The van der Waals surface area contributed by atoms with Gasteiger partial charge in [-0.15, -0.1) is 0 Å². The van der Waals surface area contributed by atoms with Crippen LogP contribution in [-0.4, -0.2) is 25.4 Å². The first-order valence-corrected chi connectivity index (χ1v) is 8.11. The van der Waals surface area contributed by atoms with Crippen molar-refractivity contribution in [1.29, 1.82) is 0 Å². The predicted octanol–water partition coefficient (Wildman–Crippen LogP) is 2.53. The number of nitrogens with one attached hydrogen (secondary N) is 1. The number of imidazole rings is 1. The van der Waals surface area contributed by atoms with Crippen molar-refractivity contribution >= 4 is 26.7 Å². The molecule has 108 valence electrons. The van der Waals surface area contributed by atoms with Crippen LogP contribution in [0.5, 0.6) is 0 Å². The largest absolute Gasteiger partial charge is 0.345 e. The number of aromatic nitrogens is 2. The lowest BCUT2D eigenvalue weighted by molar-refractivity contribution is 0.593. The lowest BCUT2D eigenvalue weighted by Crippen LogP contribution is -2.27. The molecule has 0 unspecified atom stereocenters. The first-order chi connectivity index (χ1) is 10.1. The molecule has 1 heterocycles. The molecule has 6 heteroatoms. The zero-order valence-corrected chi connectivity index (χ0v) is 12.3. The molecule has 0 spiro atoms. The van der Waals surface area contributed by atoms with Gasteiger partial charge in [-0.25, -0.2) is 13.4 Å². The van der Waals surface area contributed by atoms with Crippen LogP contribution in [-0.2, 0) is 15.8 Å². The number of hydrogen-bond donors (Lipinski definition) is 1. The van der Waals surface area contributed by atoms with Crippen LogP contribution in [0.2, 0.25) is 0 Å². The fourth-order valence-electron chi connectivity index (χ4n) is 2.16. The fraction of sp³-hybridized carbons (Fsp3) is 0.133. The molecule has 0 atom stereocenters. The Morgan fingerprint density at radius 3 is 2.67 bits per heavy atom. The van der Waals surface area contributed by atoms with Crippen molar-refractivity contribution < 1.29 is 8.42 Å². The summed E-state index contributed by atoms with van der Waals surface area (Å²) >= 11 is 0. The zero-order chi connectivity index (χ0) is 14.9. The van der Waals surface area contributed by atoms with Gasteiger partial charge in [0.25, 0.3) is 0 Å². The first-order valence-electron chi connectivity index (χ1n) is 6.50. The van der Waals surface area contributed by atoms with E-state index in [1.165, 1.54) is 4.31 Å². The minimum atomic E-state index is -3.42. The van der Waals surface area contributed by atoms with Crippen molar-refractivity contribution in [2.75, 3.05) is 11.4 Å². The third-order valence-corrected chi connectivity index (χ3v) is 5.12. The first kappa shape index (κ1) is 13.6. The SMILES string of the molecule is CN(c1ccc2nc[nH]c2c1)S(=O)(=O)Cc1ccccc1. The minimum absolute atomic E-state index is 0.0225. The highest BCUT2D eigenvalue weighted by Crippen LogP contribution is 2.22. The van der Waals surface area contributed by atoms with Crippen molar-refractivity contribution in [2.45, 2.75) is 5.75 Å². The Morgan fingerprint density at radius 2 is 1.90 bits per heavy atom. The summed E-state index contributed by atoms with van der Waals surface area (Å²) in [6.07, 6.45) is 1.59. The lowest BCUT2D eigenvalue weighted by Gasteiger charge is -2.19. The monoisotopic (exact) mass is 301 g/mol. The lowest BCUT2D eigenvalue weighted by atomic mass is 10.2. The molecule has 0 saturated carbocycles. The van der Waals surface area contributed by atoms with Crippen molar-refractivity contribution in [3.63, 3.8) is 0 Å². The molecule has 0 aliphatic rings. The third-order valence-electron chi connectivity index (χ3n) is 3.38. The van der Waals surface area contributed by atoms with Crippen LogP contribution in [0.3, 0.4) is 0 Å². The van der Waals surface area contributed by atoms with Gasteiger partial charge in [0.05, 0.1) is 28.8 Å². The Morgan fingerprint density at radius 1 is 1.14 bits per heavy atom. The van der Waals surface area contributed by atoms with Gasteiger partial charge >= 0.3 is 0 Å². The molecular formula is C15H15N3O2S. The van der Waals surface area contributed by atoms with Gasteiger partial charge in [0.1, 0.15) is 0 Å². The second-order valence-corrected chi connectivity index (χ2v) is 6.81. The number of benzene rings is 2. The van der Waals surface area contributed by atoms with E-state index in [0.717, 1.165) is 16.6 Å². The van der Waals surface area contributed by atoms with E-state index in [1.807, 2.05) is 30.3 Å². The Labute approximate surface area is 123 Å². The van der Waals surface area contributed by atoms with E-state index in [-0.39, 0.29) is 5.75 Å². The summed E-state index contributed by atoms with van der Waals surface area (Å²) in [7, 11) is -1.85. The standard InChI is InChI=1S/C15H15N3O2S/c1-18(13-7-8-14-15(9-13)17-11-16-14)21(19,20)10-12-5-3-2-4-6-12/h2-9,11H,10H2,1H3,(H,16,17). The second kappa shape index (κ2) is 5.21. The van der Waals surface area contributed by atoms with Gasteiger partial charge in [0.2, 0.25) is 10.0 Å². The van der Waals surface area contributed by atoms with Crippen molar-refractivity contribution in [2.24, 2.45) is 0 Å². The maximum Gasteiger partial charge on any atom is 0.239 e. The summed E-state index contributed by atoms with van der Waals surface area (Å²) in [5.41, 5.74) is 3.01. The molecular weight excluding hydrogens is 286 g/mol. The number of nitrogens with zero attached hydrogens (tertiary/aromatic N) is 2. The topological polar surface area (TPSA) is 66.1 Å². The van der Waals surface area contributed by atoms with Crippen LogP contribution in [0, 0.1) is 0 Å². The molecule has 0 aliphatic heterocycles. The maximum absolute atomic E-state index is 12.5. The highest BCUT2D eigenvalue weighted by atomic mass is 32.2. The quantitative estimate of drug-likeness (QED) is 0.805. The van der Waals surface area contributed by atoms with E-state index >= 15 is 0 Å². The molecule has 0 fully saturated rings. The number of hydrogen-bond acceptors (Lipinski definition) is 3. The van der Waals surface area contributed by atoms with Crippen LogP contribution in [0.1, 0.15) is 5.56 Å². The van der Waals surface area contributed by atoms with Crippen LogP contribution >= 0.6 is 0 Å². The molecule has 0 radical (unpaired) electrons. The molecule has 0 bridgehead atoms. The number of sulfonamides is 1.